The first-order chi connectivity index (χ1) is 6.02. The summed E-state index contributed by atoms with van der Waals surface area (Å²) in [6.45, 7) is 7.24. The molecule has 1 rings (SSSR count). The highest BCUT2D eigenvalue weighted by molar-refractivity contribution is 6.35. The lowest BCUT2D eigenvalue weighted by Crippen LogP contribution is -2.57. The van der Waals surface area contributed by atoms with Crippen LogP contribution in [0.5, 0.6) is 0 Å². The van der Waals surface area contributed by atoms with Gasteiger partial charge in [-0.25, -0.2) is 0 Å². The SMILES string of the molecule is CC(C)CN1C(=O)C(=O)NC[C@@H]1C. The van der Waals surface area contributed by atoms with Crippen LogP contribution in [0.25, 0.3) is 0 Å². The average Bonchev–Trinajstić information content (AvgIpc) is 2.05. The molecule has 0 radical (unpaired) electrons. The van der Waals surface area contributed by atoms with E-state index in [0.29, 0.717) is 19.0 Å². The van der Waals surface area contributed by atoms with Gasteiger partial charge in [0, 0.05) is 19.1 Å². The molecule has 0 unspecified atom stereocenters. The van der Waals surface area contributed by atoms with Crippen molar-refractivity contribution in [2.45, 2.75) is 26.8 Å². The molecular weight excluding hydrogens is 168 g/mol. The largest absolute Gasteiger partial charge is 0.346 e. The number of rotatable bonds is 2. The lowest BCUT2D eigenvalue weighted by atomic mass is 10.1. The van der Waals surface area contributed by atoms with Crippen LogP contribution in [-0.4, -0.2) is 35.8 Å². The van der Waals surface area contributed by atoms with Gasteiger partial charge in [-0.1, -0.05) is 13.8 Å². The first-order valence-electron chi connectivity index (χ1n) is 4.61. The Morgan fingerprint density at radius 2 is 2.15 bits per heavy atom. The van der Waals surface area contributed by atoms with Gasteiger partial charge in [-0.05, 0) is 12.8 Å². The summed E-state index contributed by atoms with van der Waals surface area (Å²) in [6, 6.07) is 0.118. The minimum Gasteiger partial charge on any atom is -0.346 e. The maximum atomic E-state index is 11.4. The molecule has 1 fully saturated rings. The minimum absolute atomic E-state index is 0.118. The quantitative estimate of drug-likeness (QED) is 0.614. The zero-order valence-corrected chi connectivity index (χ0v) is 8.33. The molecule has 0 saturated carbocycles. The Labute approximate surface area is 78.3 Å². The topological polar surface area (TPSA) is 49.4 Å². The summed E-state index contributed by atoms with van der Waals surface area (Å²) in [6.07, 6.45) is 0. The zero-order chi connectivity index (χ0) is 10.0. The van der Waals surface area contributed by atoms with E-state index in [1.165, 1.54) is 0 Å². The maximum absolute atomic E-state index is 11.4. The fourth-order valence-corrected chi connectivity index (χ4v) is 1.41. The van der Waals surface area contributed by atoms with E-state index < -0.39 is 11.8 Å². The van der Waals surface area contributed by atoms with E-state index in [0.717, 1.165) is 0 Å². The van der Waals surface area contributed by atoms with Gasteiger partial charge in [0.05, 0.1) is 0 Å². The van der Waals surface area contributed by atoms with Gasteiger partial charge in [0.25, 0.3) is 0 Å². The van der Waals surface area contributed by atoms with Gasteiger partial charge >= 0.3 is 11.8 Å². The van der Waals surface area contributed by atoms with Gasteiger partial charge in [-0.15, -0.1) is 0 Å². The molecule has 4 nitrogen and oxygen atoms in total. The Kier molecular flexibility index (Phi) is 2.90. The molecule has 1 aliphatic heterocycles. The van der Waals surface area contributed by atoms with Gasteiger partial charge in [0.2, 0.25) is 0 Å². The van der Waals surface area contributed by atoms with Crippen LogP contribution in [0.15, 0.2) is 0 Å². The van der Waals surface area contributed by atoms with E-state index in [-0.39, 0.29) is 6.04 Å². The first kappa shape index (κ1) is 10.0. The number of carbonyl (C=O) groups excluding carboxylic acids is 2. The lowest BCUT2D eigenvalue weighted by Gasteiger charge is -2.34. The van der Waals surface area contributed by atoms with E-state index in [1.807, 2.05) is 20.8 Å². The molecule has 0 spiro atoms. The molecule has 13 heavy (non-hydrogen) atoms. The third-order valence-corrected chi connectivity index (χ3v) is 2.11. The lowest BCUT2D eigenvalue weighted by molar-refractivity contribution is -0.150. The van der Waals surface area contributed by atoms with Crippen molar-refractivity contribution in [3.05, 3.63) is 0 Å². The van der Waals surface area contributed by atoms with Gasteiger partial charge in [-0.2, -0.15) is 0 Å². The molecule has 0 aliphatic carbocycles. The van der Waals surface area contributed by atoms with Gasteiger partial charge in [-0.3, -0.25) is 9.59 Å². The summed E-state index contributed by atoms with van der Waals surface area (Å²) >= 11 is 0. The fourth-order valence-electron chi connectivity index (χ4n) is 1.41. The number of nitrogens with zero attached hydrogens (tertiary/aromatic N) is 1. The van der Waals surface area contributed by atoms with E-state index in [1.54, 1.807) is 4.90 Å². The Morgan fingerprint density at radius 1 is 1.54 bits per heavy atom. The molecule has 2 amide bonds. The molecule has 0 aromatic heterocycles. The number of hydrogen-bond acceptors (Lipinski definition) is 2. The molecule has 4 heteroatoms. The smallest absolute Gasteiger partial charge is 0.312 e. The summed E-state index contributed by atoms with van der Waals surface area (Å²) in [4.78, 5) is 24.1. The second-order valence-electron chi connectivity index (χ2n) is 3.91. The molecule has 0 aromatic rings. The Balaban J connectivity index is 2.66. The maximum Gasteiger partial charge on any atom is 0.312 e. The van der Waals surface area contributed by atoms with E-state index >= 15 is 0 Å². The van der Waals surface area contributed by atoms with Crippen LogP contribution in [-0.2, 0) is 9.59 Å². The Bertz CT molecular complexity index is 226. The van der Waals surface area contributed by atoms with Crippen molar-refractivity contribution >= 4 is 11.8 Å². The third-order valence-electron chi connectivity index (χ3n) is 2.11. The highest BCUT2D eigenvalue weighted by Crippen LogP contribution is 2.07. The summed E-state index contributed by atoms with van der Waals surface area (Å²) in [5.41, 5.74) is 0. The van der Waals surface area contributed by atoms with Crippen LogP contribution in [0.1, 0.15) is 20.8 Å². The van der Waals surface area contributed by atoms with Gasteiger partial charge in [0.15, 0.2) is 0 Å². The van der Waals surface area contributed by atoms with Crippen LogP contribution in [0, 0.1) is 5.92 Å². The van der Waals surface area contributed by atoms with Crippen molar-refractivity contribution in [2.24, 2.45) is 5.92 Å². The molecule has 1 heterocycles. The van der Waals surface area contributed by atoms with Crippen LogP contribution in [0.4, 0.5) is 0 Å². The molecule has 0 bridgehead atoms. The molecule has 0 aromatic carbocycles. The number of nitrogens with one attached hydrogen (secondary N) is 1. The normalized spacial score (nSPS) is 23.7. The summed E-state index contributed by atoms with van der Waals surface area (Å²) in [7, 11) is 0. The third kappa shape index (κ3) is 2.20. The van der Waals surface area contributed by atoms with Crippen LogP contribution in [0.3, 0.4) is 0 Å². The second-order valence-corrected chi connectivity index (χ2v) is 3.91. The minimum atomic E-state index is -0.473. The average molecular weight is 184 g/mol. The molecule has 1 atom stereocenters. The van der Waals surface area contributed by atoms with Crippen molar-refractivity contribution in [3.8, 4) is 0 Å². The highest BCUT2D eigenvalue weighted by atomic mass is 16.2. The van der Waals surface area contributed by atoms with Crippen LogP contribution in [0.2, 0.25) is 0 Å². The van der Waals surface area contributed by atoms with Crippen molar-refractivity contribution in [3.63, 3.8) is 0 Å². The van der Waals surface area contributed by atoms with Gasteiger partial charge in [0.1, 0.15) is 0 Å². The van der Waals surface area contributed by atoms with Crippen LogP contribution < -0.4 is 5.32 Å². The van der Waals surface area contributed by atoms with Crippen molar-refractivity contribution < 1.29 is 9.59 Å². The molecular formula is C9H16N2O2. The van der Waals surface area contributed by atoms with Crippen molar-refractivity contribution in [2.75, 3.05) is 13.1 Å². The van der Waals surface area contributed by atoms with Crippen molar-refractivity contribution in [1.29, 1.82) is 0 Å². The predicted octanol–water partition coefficient (Wildman–Crippen LogP) is -0.0107. The van der Waals surface area contributed by atoms with E-state index in [9.17, 15) is 9.59 Å². The number of carbonyl (C=O) groups is 2. The summed E-state index contributed by atoms with van der Waals surface area (Å²) < 4.78 is 0. The first-order valence-corrected chi connectivity index (χ1v) is 4.61. The monoisotopic (exact) mass is 184 g/mol. The zero-order valence-electron chi connectivity index (χ0n) is 8.33. The summed E-state index contributed by atoms with van der Waals surface area (Å²) in [5.74, 6) is -0.469. The van der Waals surface area contributed by atoms with Crippen LogP contribution >= 0.6 is 0 Å². The standard InChI is InChI=1S/C9H16N2O2/c1-6(2)5-11-7(3)4-10-8(12)9(11)13/h6-7H,4-5H2,1-3H3,(H,10,12)/t7-/m0/s1. The number of hydrogen-bond donors (Lipinski definition) is 1. The number of amides is 2. The molecule has 1 aliphatic rings. The molecule has 74 valence electrons. The number of piperazine rings is 1. The molecule has 1 saturated heterocycles. The van der Waals surface area contributed by atoms with E-state index in [2.05, 4.69) is 5.32 Å². The Hall–Kier alpha value is -1.06. The fraction of sp³-hybridized carbons (Fsp3) is 0.778. The predicted molar refractivity (Wildman–Crippen MR) is 49.0 cm³/mol. The van der Waals surface area contributed by atoms with Crippen molar-refractivity contribution in [1.82, 2.24) is 10.2 Å². The second kappa shape index (κ2) is 3.77. The van der Waals surface area contributed by atoms with E-state index in [4.69, 9.17) is 0 Å². The van der Waals surface area contributed by atoms with Gasteiger partial charge < -0.3 is 10.2 Å². The highest BCUT2D eigenvalue weighted by Gasteiger charge is 2.31. The molecule has 1 N–H and O–H groups in total. The Morgan fingerprint density at radius 3 is 2.69 bits per heavy atom. The summed E-state index contributed by atoms with van der Waals surface area (Å²) in [5, 5.41) is 2.55.